The van der Waals surface area contributed by atoms with E-state index in [1.54, 1.807) is 0 Å². The number of rotatable bonds is 7. The normalized spacial score (nSPS) is 12.9. The van der Waals surface area contributed by atoms with Gasteiger partial charge in [0.25, 0.3) is 5.69 Å². The van der Waals surface area contributed by atoms with E-state index in [1.165, 1.54) is 0 Å². The molecule has 2 atom stereocenters. The number of hydrogen-bond acceptors (Lipinski definition) is 7. The van der Waals surface area contributed by atoms with Gasteiger partial charge in [0.2, 0.25) is 0 Å². The van der Waals surface area contributed by atoms with Crippen LogP contribution in [0.3, 0.4) is 0 Å². The molecule has 1 rings (SSSR count). The van der Waals surface area contributed by atoms with Crippen molar-refractivity contribution in [2.75, 3.05) is 5.94 Å². The monoisotopic (exact) mass is 379 g/mol. The number of hydrogen-bond donors (Lipinski definition) is 1. The lowest BCUT2D eigenvalue weighted by Crippen LogP contribution is -2.09. The summed E-state index contributed by atoms with van der Waals surface area (Å²) in [6.07, 6.45) is -4.91. The van der Waals surface area contributed by atoms with Gasteiger partial charge in [-0.05, 0) is 12.1 Å². The molecule has 2 unspecified atom stereocenters. The van der Waals surface area contributed by atoms with Crippen molar-refractivity contribution in [1.29, 1.82) is 0 Å². The molecule has 1 N–H and O–H groups in total. The summed E-state index contributed by atoms with van der Waals surface area (Å²) in [5, 5.41) is 10.6. The Kier molecular flexibility index (Phi) is 6.79. The van der Waals surface area contributed by atoms with Crippen LogP contribution in [-0.2, 0) is 24.1 Å². The summed E-state index contributed by atoms with van der Waals surface area (Å²) in [6, 6.07) is 2.29. The van der Waals surface area contributed by atoms with E-state index >= 15 is 0 Å². The van der Waals surface area contributed by atoms with E-state index in [1.807, 2.05) is 0 Å². The number of halogens is 3. The van der Waals surface area contributed by atoms with Gasteiger partial charge in [-0.2, -0.15) is 13.2 Å². The summed E-state index contributed by atoms with van der Waals surface area (Å²) < 4.78 is 67.5. The van der Waals surface area contributed by atoms with Crippen molar-refractivity contribution in [3.8, 4) is 0 Å². The predicted octanol–water partition coefficient (Wildman–Crippen LogP) is 4.00. The van der Waals surface area contributed by atoms with Gasteiger partial charge < -0.3 is 0 Å². The van der Waals surface area contributed by atoms with Crippen molar-refractivity contribution in [2.24, 2.45) is 0 Å². The first-order chi connectivity index (χ1) is 10.1. The third-order valence-electron chi connectivity index (χ3n) is 1.99. The second kappa shape index (κ2) is 7.91. The van der Waals surface area contributed by atoms with E-state index in [-0.39, 0.29) is 4.90 Å². The van der Waals surface area contributed by atoms with Crippen LogP contribution < -0.4 is 0 Å². The van der Waals surface area contributed by atoms with Gasteiger partial charge in [0.15, 0.2) is 10.2 Å². The maximum Gasteiger partial charge on any atom is 0.748 e. The second-order valence-electron chi connectivity index (χ2n) is 3.37. The smallest absolute Gasteiger partial charge is 0.258 e. The minimum absolute atomic E-state index is 0.0327. The van der Waals surface area contributed by atoms with Crippen LogP contribution in [0.5, 0.6) is 0 Å². The lowest BCUT2D eigenvalue weighted by atomic mass is 10.2. The summed E-state index contributed by atoms with van der Waals surface area (Å²) in [5.41, 5.74) is -2.52. The average molecular weight is 379 g/mol. The summed E-state index contributed by atoms with van der Waals surface area (Å²) in [4.78, 5) is 17.6. The fourth-order valence-electron chi connectivity index (χ4n) is 1.21. The topological polar surface area (TPSA) is 116 Å². The Morgan fingerprint density at radius 3 is 2.50 bits per heavy atom. The summed E-state index contributed by atoms with van der Waals surface area (Å²) >= 11 is 0.641. The standard InChI is InChI=1S/C8H5F3NO7P2S/c9-8(10,11)6-3-5(1-2-7(6)12(13)14)22-4-18-21(17)19-20(15)16/h1-3H,4H2/q+1/p+1. The first kappa shape index (κ1) is 18.9. The number of nitrogens with zero attached hydrogens (tertiary/aromatic N) is 1. The van der Waals surface area contributed by atoms with E-state index in [0.717, 1.165) is 6.07 Å². The van der Waals surface area contributed by atoms with Gasteiger partial charge in [0.05, 0.1) is 4.92 Å². The van der Waals surface area contributed by atoms with Gasteiger partial charge in [0.1, 0.15) is 5.56 Å². The van der Waals surface area contributed by atoms with E-state index in [4.69, 9.17) is 4.89 Å². The van der Waals surface area contributed by atoms with E-state index in [2.05, 4.69) is 8.83 Å². The highest BCUT2D eigenvalue weighted by Crippen LogP contribution is 2.40. The van der Waals surface area contributed by atoms with Crippen molar-refractivity contribution < 1.29 is 41.0 Å². The van der Waals surface area contributed by atoms with Crippen molar-refractivity contribution in [1.82, 2.24) is 0 Å². The number of thioether (sulfide) groups is 1. The van der Waals surface area contributed by atoms with Crippen LogP contribution in [0, 0.1) is 10.1 Å². The number of benzene rings is 1. The molecule has 120 valence electrons. The van der Waals surface area contributed by atoms with Gasteiger partial charge in [-0.1, -0.05) is 11.8 Å². The predicted molar refractivity (Wildman–Crippen MR) is 68.4 cm³/mol. The molecule has 0 saturated carbocycles. The third-order valence-corrected chi connectivity index (χ3v) is 4.42. The summed E-state index contributed by atoms with van der Waals surface area (Å²) in [7, 11) is -6.03. The Hall–Kier alpha value is -1.16. The molecule has 1 aromatic carbocycles. The second-order valence-corrected chi connectivity index (χ2v) is 6.20. The highest BCUT2D eigenvalue weighted by Gasteiger charge is 2.39. The van der Waals surface area contributed by atoms with Crippen LogP contribution in [0.1, 0.15) is 5.56 Å². The van der Waals surface area contributed by atoms with Crippen LogP contribution in [0.25, 0.3) is 0 Å². The van der Waals surface area contributed by atoms with Crippen LogP contribution in [-0.4, -0.2) is 15.8 Å². The molecular weight excluding hydrogens is 373 g/mol. The molecule has 0 saturated heterocycles. The molecule has 0 fully saturated rings. The molecule has 0 amide bonds. The van der Waals surface area contributed by atoms with Gasteiger partial charge in [-0.25, -0.2) is 0 Å². The average Bonchev–Trinajstić information content (AvgIpc) is 2.36. The van der Waals surface area contributed by atoms with Crippen molar-refractivity contribution in [3.63, 3.8) is 0 Å². The lowest BCUT2D eigenvalue weighted by Gasteiger charge is -2.08. The summed E-state index contributed by atoms with van der Waals surface area (Å²) in [6.45, 7) is 0. The molecule has 22 heavy (non-hydrogen) atoms. The van der Waals surface area contributed by atoms with E-state index in [9.17, 15) is 32.4 Å². The molecule has 0 aliphatic heterocycles. The number of nitro groups is 1. The van der Waals surface area contributed by atoms with Gasteiger partial charge >= 0.3 is 22.7 Å². The molecule has 0 aliphatic rings. The zero-order valence-electron chi connectivity index (χ0n) is 10.2. The van der Waals surface area contributed by atoms with Crippen molar-refractivity contribution in [3.05, 3.63) is 33.9 Å². The van der Waals surface area contributed by atoms with Gasteiger partial charge in [0, 0.05) is 20.1 Å². The van der Waals surface area contributed by atoms with Gasteiger partial charge in [-0.15, -0.1) is 9.42 Å². The molecule has 0 aliphatic carbocycles. The first-order valence-electron chi connectivity index (χ1n) is 5.04. The van der Waals surface area contributed by atoms with Gasteiger partial charge in [-0.3, -0.25) is 10.1 Å². The van der Waals surface area contributed by atoms with Crippen LogP contribution >= 0.6 is 28.3 Å². The van der Waals surface area contributed by atoms with Crippen LogP contribution in [0.4, 0.5) is 18.9 Å². The van der Waals surface area contributed by atoms with Crippen molar-refractivity contribution in [2.45, 2.75) is 11.1 Å². The zero-order valence-corrected chi connectivity index (χ0v) is 12.8. The Balaban J connectivity index is 2.79. The molecule has 0 aromatic heterocycles. The maximum absolute atomic E-state index is 12.7. The number of alkyl halides is 3. The zero-order chi connectivity index (χ0) is 16.9. The highest BCUT2D eigenvalue weighted by atomic mass is 32.2. The molecule has 14 heteroatoms. The minimum Gasteiger partial charge on any atom is -0.258 e. The molecule has 0 heterocycles. The highest BCUT2D eigenvalue weighted by molar-refractivity contribution is 7.99. The lowest BCUT2D eigenvalue weighted by molar-refractivity contribution is -0.388. The minimum atomic E-state index is -4.91. The number of nitro benzene ring substituents is 1. The molecule has 0 radical (unpaired) electrons. The largest absolute Gasteiger partial charge is 0.748 e. The maximum atomic E-state index is 12.7. The Labute approximate surface area is 126 Å². The quantitative estimate of drug-likeness (QED) is 0.248. The third kappa shape index (κ3) is 5.91. The van der Waals surface area contributed by atoms with Crippen LogP contribution in [0.15, 0.2) is 23.1 Å². The fraction of sp³-hybridized carbons (Fsp3) is 0.250. The van der Waals surface area contributed by atoms with Crippen molar-refractivity contribution >= 4 is 34.0 Å². The van der Waals surface area contributed by atoms with Crippen LogP contribution in [0.2, 0.25) is 0 Å². The summed E-state index contributed by atoms with van der Waals surface area (Å²) in [5.74, 6) is -0.451. The molecule has 1 aromatic rings. The molecule has 0 bridgehead atoms. The Morgan fingerprint density at radius 1 is 1.36 bits per heavy atom. The SMILES string of the molecule is O=[N+]([O-])c1ccc(SCO[P+](=O)O[P+](=O)O)cc1C(F)(F)F. The van der Waals surface area contributed by atoms with E-state index in [0.29, 0.717) is 23.9 Å². The molecular formula is C8H6F3NO7P2S+2. The Morgan fingerprint density at radius 2 is 2.00 bits per heavy atom. The Bertz CT molecular complexity index is 612. The molecule has 8 nitrogen and oxygen atoms in total. The van der Waals surface area contributed by atoms with E-state index < -0.39 is 44.8 Å². The fourth-order valence-corrected chi connectivity index (χ4v) is 2.91. The molecule has 0 spiro atoms. The first-order valence-corrected chi connectivity index (χ1v) is 8.25.